The highest BCUT2D eigenvalue weighted by Gasteiger charge is 2.22. The topological polar surface area (TPSA) is 40.7 Å². The molecule has 0 fully saturated rings. The van der Waals surface area contributed by atoms with Gasteiger partial charge < -0.3 is 10.3 Å². The lowest BCUT2D eigenvalue weighted by atomic mass is 10.0. The number of pyridine rings is 1. The van der Waals surface area contributed by atoms with Gasteiger partial charge in [-0.2, -0.15) is 0 Å². The molecular formula is C20H19N3S. The van der Waals surface area contributed by atoms with Crippen LogP contribution in [0.5, 0.6) is 0 Å². The van der Waals surface area contributed by atoms with Crippen molar-refractivity contribution in [3.05, 3.63) is 81.8 Å². The Morgan fingerprint density at radius 3 is 2.75 bits per heavy atom. The summed E-state index contributed by atoms with van der Waals surface area (Å²) < 4.78 is 0. The number of nitrogens with zero attached hydrogens (tertiary/aromatic N) is 1. The van der Waals surface area contributed by atoms with Crippen molar-refractivity contribution in [1.29, 1.82) is 0 Å². The molecule has 0 saturated heterocycles. The lowest BCUT2D eigenvalue weighted by molar-refractivity contribution is 0.942. The van der Waals surface area contributed by atoms with E-state index in [1.165, 1.54) is 32.6 Å². The lowest BCUT2D eigenvalue weighted by Crippen LogP contribution is -2.13. The van der Waals surface area contributed by atoms with Crippen LogP contribution in [0, 0.1) is 13.8 Å². The number of hydrogen-bond acceptors (Lipinski definition) is 3. The Hall–Kier alpha value is -2.59. The summed E-state index contributed by atoms with van der Waals surface area (Å²) >= 11 is 1.77. The first-order valence-corrected chi connectivity index (χ1v) is 8.90. The molecule has 0 aliphatic heterocycles. The molecule has 0 radical (unpaired) electrons. The molecule has 4 rings (SSSR count). The molecular weight excluding hydrogens is 314 g/mol. The standard InChI is InChI=1S/C20H19N3S/c1-13-9-10-21-18(12-13)23-20(17-8-5-11-24-17)19-14(2)22-16-7-4-3-6-15(16)19/h3-12,20,22H,1-2H3,(H,21,23)/t20-/m1/s1. The molecule has 2 N–H and O–H groups in total. The number of rotatable bonds is 4. The predicted octanol–water partition coefficient (Wildman–Crippen LogP) is 5.44. The van der Waals surface area contributed by atoms with Crippen LogP contribution in [0.15, 0.2) is 60.1 Å². The van der Waals surface area contributed by atoms with E-state index in [1.54, 1.807) is 11.3 Å². The molecule has 0 bridgehead atoms. The van der Waals surface area contributed by atoms with Gasteiger partial charge >= 0.3 is 0 Å². The molecule has 3 heterocycles. The smallest absolute Gasteiger partial charge is 0.126 e. The number of nitrogens with one attached hydrogen (secondary N) is 2. The van der Waals surface area contributed by atoms with Crippen LogP contribution in [-0.2, 0) is 0 Å². The molecule has 0 amide bonds. The first-order valence-electron chi connectivity index (χ1n) is 8.02. The van der Waals surface area contributed by atoms with E-state index >= 15 is 0 Å². The van der Waals surface area contributed by atoms with Gasteiger partial charge in [0.05, 0.1) is 6.04 Å². The molecule has 3 nitrogen and oxygen atoms in total. The van der Waals surface area contributed by atoms with E-state index < -0.39 is 0 Å². The van der Waals surface area contributed by atoms with Crippen LogP contribution in [0.25, 0.3) is 10.9 Å². The number of para-hydroxylation sites is 1. The fraction of sp³-hybridized carbons (Fsp3) is 0.150. The third-order valence-corrected chi connectivity index (χ3v) is 5.20. The largest absolute Gasteiger partial charge is 0.358 e. The number of aromatic amines is 1. The number of aryl methyl sites for hydroxylation is 2. The van der Waals surface area contributed by atoms with Crippen molar-refractivity contribution in [1.82, 2.24) is 9.97 Å². The van der Waals surface area contributed by atoms with E-state index in [1.807, 2.05) is 12.3 Å². The number of thiophene rings is 1. The van der Waals surface area contributed by atoms with E-state index in [2.05, 4.69) is 77.0 Å². The third kappa shape index (κ3) is 2.69. The van der Waals surface area contributed by atoms with Gasteiger partial charge in [-0.15, -0.1) is 11.3 Å². The van der Waals surface area contributed by atoms with Crippen molar-refractivity contribution in [2.24, 2.45) is 0 Å². The second-order valence-electron chi connectivity index (χ2n) is 6.02. The van der Waals surface area contributed by atoms with E-state index in [4.69, 9.17) is 0 Å². The number of H-pyrrole nitrogens is 1. The van der Waals surface area contributed by atoms with E-state index in [0.717, 1.165) is 5.82 Å². The number of aromatic nitrogens is 2. The molecule has 24 heavy (non-hydrogen) atoms. The van der Waals surface area contributed by atoms with Gasteiger partial charge in [-0.1, -0.05) is 24.3 Å². The molecule has 0 unspecified atom stereocenters. The summed E-state index contributed by atoms with van der Waals surface area (Å²) in [6, 6.07) is 16.9. The second-order valence-corrected chi connectivity index (χ2v) is 7.00. The first kappa shape index (κ1) is 15.0. The average molecular weight is 333 g/mol. The quantitative estimate of drug-likeness (QED) is 0.522. The van der Waals surface area contributed by atoms with Crippen LogP contribution in [-0.4, -0.2) is 9.97 Å². The Kier molecular flexibility index (Phi) is 3.82. The highest BCUT2D eigenvalue weighted by Crippen LogP contribution is 2.36. The van der Waals surface area contributed by atoms with Crippen molar-refractivity contribution in [2.75, 3.05) is 5.32 Å². The van der Waals surface area contributed by atoms with Gasteiger partial charge in [0.15, 0.2) is 0 Å². The maximum absolute atomic E-state index is 4.49. The normalized spacial score (nSPS) is 12.4. The van der Waals surface area contributed by atoms with Gasteiger partial charge in [-0.3, -0.25) is 0 Å². The van der Waals surface area contributed by atoms with Crippen molar-refractivity contribution in [3.63, 3.8) is 0 Å². The number of hydrogen-bond donors (Lipinski definition) is 2. The van der Waals surface area contributed by atoms with Crippen molar-refractivity contribution in [3.8, 4) is 0 Å². The highest BCUT2D eigenvalue weighted by molar-refractivity contribution is 7.10. The molecule has 4 aromatic rings. The van der Waals surface area contributed by atoms with Gasteiger partial charge in [0, 0.05) is 33.2 Å². The van der Waals surface area contributed by atoms with E-state index in [9.17, 15) is 0 Å². The molecule has 120 valence electrons. The summed E-state index contributed by atoms with van der Waals surface area (Å²) in [5, 5.41) is 7.02. The molecule has 0 aliphatic rings. The summed E-state index contributed by atoms with van der Waals surface area (Å²) in [4.78, 5) is 9.29. The summed E-state index contributed by atoms with van der Waals surface area (Å²) in [7, 11) is 0. The van der Waals surface area contributed by atoms with Crippen molar-refractivity contribution in [2.45, 2.75) is 19.9 Å². The van der Waals surface area contributed by atoms with Gasteiger partial charge in [0.1, 0.15) is 5.82 Å². The zero-order valence-corrected chi connectivity index (χ0v) is 14.5. The Labute approximate surface area is 145 Å². The Morgan fingerprint density at radius 1 is 1.08 bits per heavy atom. The Balaban J connectivity index is 1.85. The summed E-state index contributed by atoms with van der Waals surface area (Å²) in [6.45, 7) is 4.23. The Morgan fingerprint density at radius 2 is 1.96 bits per heavy atom. The zero-order chi connectivity index (χ0) is 16.5. The summed E-state index contributed by atoms with van der Waals surface area (Å²) in [5.41, 5.74) is 4.85. The maximum Gasteiger partial charge on any atom is 0.126 e. The fourth-order valence-electron chi connectivity index (χ4n) is 3.17. The van der Waals surface area contributed by atoms with Crippen molar-refractivity contribution < 1.29 is 0 Å². The minimum Gasteiger partial charge on any atom is -0.358 e. The van der Waals surface area contributed by atoms with E-state index in [0.29, 0.717) is 0 Å². The third-order valence-electron chi connectivity index (χ3n) is 4.27. The molecule has 0 saturated carbocycles. The molecule has 1 aromatic carbocycles. The van der Waals surface area contributed by atoms with Gasteiger partial charge in [-0.05, 0) is 49.1 Å². The molecule has 3 aromatic heterocycles. The van der Waals surface area contributed by atoms with Gasteiger partial charge in [0.2, 0.25) is 0 Å². The molecule has 0 spiro atoms. The lowest BCUT2D eigenvalue weighted by Gasteiger charge is -2.19. The fourth-order valence-corrected chi connectivity index (χ4v) is 3.96. The van der Waals surface area contributed by atoms with Gasteiger partial charge in [-0.25, -0.2) is 4.98 Å². The summed E-state index contributed by atoms with van der Waals surface area (Å²) in [6.07, 6.45) is 1.85. The zero-order valence-electron chi connectivity index (χ0n) is 13.7. The van der Waals surface area contributed by atoms with Crippen LogP contribution in [0.1, 0.15) is 27.7 Å². The summed E-state index contributed by atoms with van der Waals surface area (Å²) in [5.74, 6) is 0.901. The van der Waals surface area contributed by atoms with Crippen LogP contribution in [0.2, 0.25) is 0 Å². The van der Waals surface area contributed by atoms with E-state index in [-0.39, 0.29) is 6.04 Å². The first-order chi connectivity index (χ1) is 11.7. The van der Waals surface area contributed by atoms with Crippen LogP contribution in [0.3, 0.4) is 0 Å². The minimum atomic E-state index is 0.0791. The molecule has 4 heteroatoms. The number of benzene rings is 1. The number of anilines is 1. The van der Waals surface area contributed by atoms with Crippen LogP contribution in [0.4, 0.5) is 5.82 Å². The van der Waals surface area contributed by atoms with Crippen LogP contribution < -0.4 is 5.32 Å². The number of fused-ring (bicyclic) bond motifs is 1. The predicted molar refractivity (Wildman–Crippen MR) is 102 cm³/mol. The maximum atomic E-state index is 4.49. The minimum absolute atomic E-state index is 0.0791. The van der Waals surface area contributed by atoms with Gasteiger partial charge in [0.25, 0.3) is 0 Å². The Bertz CT molecular complexity index is 970. The second kappa shape index (κ2) is 6.13. The average Bonchev–Trinajstić information content (AvgIpc) is 3.20. The molecule has 1 atom stereocenters. The van der Waals surface area contributed by atoms with Crippen molar-refractivity contribution >= 4 is 28.1 Å². The van der Waals surface area contributed by atoms with Crippen LogP contribution >= 0.6 is 11.3 Å². The highest BCUT2D eigenvalue weighted by atomic mass is 32.1. The monoisotopic (exact) mass is 333 g/mol. The molecule has 0 aliphatic carbocycles. The SMILES string of the molecule is Cc1ccnc(N[C@H](c2cccs2)c2c(C)[nH]c3ccccc23)c1.